The van der Waals surface area contributed by atoms with Gasteiger partial charge in [-0.05, 0) is 31.9 Å². The van der Waals surface area contributed by atoms with Gasteiger partial charge in [0.15, 0.2) is 0 Å². The third-order valence-electron chi connectivity index (χ3n) is 3.87. The standard InChI is InChI=1S/C18H24BNO8/c1-5-15(21)20-14-9-12-7-6-8-13(16(12)28-19(14)24)17(22)26-11(4)27-18(23)25-10(2)3/h6-8,10-11,14,24H,5,9H2,1-4H3,(H,20,21). The number of para-hydroxylation sites is 1. The molecule has 0 bridgehead atoms. The van der Waals surface area contributed by atoms with Crippen LogP contribution in [0.25, 0.3) is 0 Å². The smallest absolute Gasteiger partial charge is 0.534 e. The summed E-state index contributed by atoms with van der Waals surface area (Å²) in [5.41, 5.74) is 0.707. The molecule has 0 spiro atoms. The molecule has 1 aromatic rings. The van der Waals surface area contributed by atoms with E-state index in [0.717, 1.165) is 0 Å². The van der Waals surface area contributed by atoms with Crippen LogP contribution in [0.15, 0.2) is 18.2 Å². The molecule has 1 amide bonds. The van der Waals surface area contributed by atoms with E-state index in [1.807, 2.05) is 0 Å². The lowest BCUT2D eigenvalue weighted by Crippen LogP contribution is -2.53. The van der Waals surface area contributed by atoms with E-state index in [9.17, 15) is 19.4 Å². The van der Waals surface area contributed by atoms with Gasteiger partial charge < -0.3 is 29.2 Å². The molecule has 0 aliphatic carbocycles. The number of carbonyl (C=O) groups is 3. The molecule has 0 radical (unpaired) electrons. The summed E-state index contributed by atoms with van der Waals surface area (Å²) < 4.78 is 20.2. The zero-order valence-electron chi connectivity index (χ0n) is 16.3. The molecule has 2 N–H and O–H groups in total. The van der Waals surface area contributed by atoms with Gasteiger partial charge in [0.2, 0.25) is 12.2 Å². The zero-order chi connectivity index (χ0) is 20.8. The Kier molecular flexibility index (Phi) is 7.27. The maximum absolute atomic E-state index is 12.5. The lowest BCUT2D eigenvalue weighted by atomic mass is 9.72. The van der Waals surface area contributed by atoms with Gasteiger partial charge in [-0.15, -0.1) is 0 Å². The minimum Gasteiger partial charge on any atom is -0.534 e. The molecular formula is C18H24BNO8. The number of hydrogen-bond donors (Lipinski definition) is 2. The highest BCUT2D eigenvalue weighted by atomic mass is 16.8. The summed E-state index contributed by atoms with van der Waals surface area (Å²) in [5.74, 6) is -1.46. The topological polar surface area (TPSA) is 120 Å². The molecule has 2 rings (SSSR count). The van der Waals surface area contributed by atoms with E-state index >= 15 is 0 Å². The maximum atomic E-state index is 12.5. The number of rotatable bonds is 6. The predicted molar refractivity (Wildman–Crippen MR) is 98.5 cm³/mol. The molecule has 2 atom stereocenters. The van der Waals surface area contributed by atoms with Crippen LogP contribution in [0.1, 0.15) is 50.0 Å². The van der Waals surface area contributed by atoms with Gasteiger partial charge in [0, 0.05) is 13.3 Å². The second-order valence-corrected chi connectivity index (χ2v) is 6.54. The van der Waals surface area contributed by atoms with Crippen molar-refractivity contribution in [2.75, 3.05) is 0 Å². The van der Waals surface area contributed by atoms with Crippen LogP contribution in [0.4, 0.5) is 4.79 Å². The molecular weight excluding hydrogens is 369 g/mol. The third-order valence-corrected chi connectivity index (χ3v) is 3.87. The Morgan fingerprint density at radius 2 is 1.96 bits per heavy atom. The quantitative estimate of drug-likeness (QED) is 0.425. The lowest BCUT2D eigenvalue weighted by molar-refractivity contribution is -0.121. The molecule has 10 heteroatoms. The van der Waals surface area contributed by atoms with E-state index in [2.05, 4.69) is 5.32 Å². The van der Waals surface area contributed by atoms with Gasteiger partial charge in [-0.2, -0.15) is 0 Å². The number of carbonyl (C=O) groups excluding carboxylic acids is 3. The van der Waals surface area contributed by atoms with Crippen molar-refractivity contribution >= 4 is 25.2 Å². The van der Waals surface area contributed by atoms with E-state index in [1.165, 1.54) is 13.0 Å². The predicted octanol–water partition coefficient (Wildman–Crippen LogP) is 1.60. The van der Waals surface area contributed by atoms with Crippen molar-refractivity contribution in [1.29, 1.82) is 0 Å². The molecule has 0 saturated heterocycles. The second-order valence-electron chi connectivity index (χ2n) is 6.54. The number of amides is 1. The van der Waals surface area contributed by atoms with Crippen molar-refractivity contribution < 1.29 is 38.3 Å². The number of nitrogens with one attached hydrogen (secondary N) is 1. The fourth-order valence-electron chi connectivity index (χ4n) is 2.61. The van der Waals surface area contributed by atoms with Crippen molar-refractivity contribution in [2.24, 2.45) is 0 Å². The summed E-state index contributed by atoms with van der Waals surface area (Å²) in [4.78, 5) is 35.5. The average Bonchev–Trinajstić information content (AvgIpc) is 2.60. The van der Waals surface area contributed by atoms with Gasteiger partial charge in [-0.25, -0.2) is 9.59 Å². The largest absolute Gasteiger partial charge is 0.547 e. The third kappa shape index (κ3) is 5.62. The van der Waals surface area contributed by atoms with Crippen LogP contribution < -0.4 is 9.97 Å². The van der Waals surface area contributed by atoms with E-state index in [0.29, 0.717) is 5.56 Å². The van der Waals surface area contributed by atoms with E-state index in [-0.39, 0.29) is 36.2 Å². The van der Waals surface area contributed by atoms with Crippen molar-refractivity contribution in [2.45, 2.75) is 58.9 Å². The minimum absolute atomic E-state index is 0.0736. The highest BCUT2D eigenvalue weighted by molar-refractivity contribution is 6.47. The Morgan fingerprint density at radius 1 is 1.25 bits per heavy atom. The summed E-state index contributed by atoms with van der Waals surface area (Å²) in [6, 6.07) is 4.83. The molecule has 2 unspecified atom stereocenters. The fraction of sp³-hybridized carbons (Fsp3) is 0.500. The van der Waals surface area contributed by atoms with Crippen LogP contribution in [0.2, 0.25) is 0 Å². The van der Waals surface area contributed by atoms with Crippen LogP contribution >= 0.6 is 0 Å². The molecule has 0 aromatic heterocycles. The SMILES string of the molecule is CCC(=O)NC1Cc2cccc(C(=O)OC(C)OC(=O)OC(C)C)c2OB1O. The van der Waals surface area contributed by atoms with Gasteiger partial charge in [-0.1, -0.05) is 19.1 Å². The first kappa shape index (κ1) is 21.6. The van der Waals surface area contributed by atoms with Gasteiger partial charge in [0.25, 0.3) is 0 Å². The fourth-order valence-corrected chi connectivity index (χ4v) is 2.61. The van der Waals surface area contributed by atoms with Crippen LogP contribution in [0.5, 0.6) is 5.75 Å². The number of esters is 1. The summed E-state index contributed by atoms with van der Waals surface area (Å²) in [6.45, 7) is 6.40. The summed E-state index contributed by atoms with van der Waals surface area (Å²) in [5, 5.41) is 12.9. The Morgan fingerprint density at radius 3 is 2.61 bits per heavy atom. The summed E-state index contributed by atoms with van der Waals surface area (Å²) in [6.07, 6.45) is -1.94. The molecule has 0 saturated carbocycles. The Hall–Kier alpha value is -2.75. The normalized spacial score (nSPS) is 16.5. The van der Waals surface area contributed by atoms with Gasteiger partial charge in [-0.3, -0.25) is 4.79 Å². The van der Waals surface area contributed by atoms with Crippen molar-refractivity contribution in [3.05, 3.63) is 29.3 Å². The molecule has 9 nitrogen and oxygen atoms in total. The van der Waals surface area contributed by atoms with E-state index in [4.69, 9.17) is 18.9 Å². The van der Waals surface area contributed by atoms with Crippen LogP contribution in [-0.2, 0) is 25.4 Å². The Balaban J connectivity index is 2.08. The Labute approximate surface area is 163 Å². The van der Waals surface area contributed by atoms with E-state index < -0.39 is 31.5 Å². The maximum Gasteiger partial charge on any atom is 0.547 e. The van der Waals surface area contributed by atoms with Crippen LogP contribution in [-0.4, -0.2) is 48.5 Å². The van der Waals surface area contributed by atoms with Gasteiger partial charge in [0.05, 0.1) is 12.0 Å². The number of fused-ring (bicyclic) bond motifs is 1. The van der Waals surface area contributed by atoms with Gasteiger partial charge >= 0.3 is 19.2 Å². The molecule has 152 valence electrons. The zero-order valence-corrected chi connectivity index (χ0v) is 16.3. The van der Waals surface area contributed by atoms with Gasteiger partial charge in [0.1, 0.15) is 11.3 Å². The molecule has 1 heterocycles. The monoisotopic (exact) mass is 393 g/mol. The highest BCUT2D eigenvalue weighted by Gasteiger charge is 2.37. The average molecular weight is 393 g/mol. The van der Waals surface area contributed by atoms with Crippen molar-refractivity contribution in [3.63, 3.8) is 0 Å². The van der Waals surface area contributed by atoms with Crippen molar-refractivity contribution in [1.82, 2.24) is 5.32 Å². The second kappa shape index (κ2) is 9.45. The summed E-state index contributed by atoms with van der Waals surface area (Å²) in [7, 11) is -1.31. The number of hydrogen-bond acceptors (Lipinski definition) is 8. The molecule has 28 heavy (non-hydrogen) atoms. The molecule has 1 aromatic carbocycles. The van der Waals surface area contributed by atoms with Crippen LogP contribution in [0.3, 0.4) is 0 Å². The van der Waals surface area contributed by atoms with Crippen LogP contribution in [0, 0.1) is 0 Å². The minimum atomic E-state index is -1.31. The van der Waals surface area contributed by atoms with Crippen molar-refractivity contribution in [3.8, 4) is 5.75 Å². The Bertz CT molecular complexity index is 738. The number of ether oxygens (including phenoxy) is 3. The first-order valence-electron chi connectivity index (χ1n) is 9.05. The number of benzene rings is 1. The molecule has 0 fully saturated rings. The first-order chi connectivity index (χ1) is 13.2. The first-order valence-corrected chi connectivity index (χ1v) is 9.05. The molecule has 1 aliphatic heterocycles. The summed E-state index contributed by atoms with van der Waals surface area (Å²) >= 11 is 0. The molecule has 1 aliphatic rings. The lowest BCUT2D eigenvalue weighted by Gasteiger charge is -2.29. The van der Waals surface area contributed by atoms with E-state index in [1.54, 1.807) is 32.9 Å². The highest BCUT2D eigenvalue weighted by Crippen LogP contribution is 2.31.